The Kier molecular flexibility index (Phi) is 5.45. The van der Waals surface area contributed by atoms with Gasteiger partial charge in [-0.3, -0.25) is 30.6 Å². The quantitative estimate of drug-likeness (QED) is 0.496. The average Bonchev–Trinajstić information content (AvgIpc) is 3.07. The van der Waals surface area contributed by atoms with Crippen LogP contribution in [0.2, 0.25) is 0 Å². The first-order valence-electron chi connectivity index (χ1n) is 7.11. The Morgan fingerprint density at radius 2 is 1.88 bits per heavy atom. The SMILES string of the molecule is CCc1ccc(C(=O)NNC(=O)/C=C/c2ccc([N+](=O)[O-])o2)cc1. The topological polar surface area (TPSA) is 114 Å². The van der Waals surface area contributed by atoms with Crippen LogP contribution in [0.1, 0.15) is 28.6 Å². The van der Waals surface area contributed by atoms with Crippen LogP contribution in [0.25, 0.3) is 6.08 Å². The molecule has 0 saturated heterocycles. The number of nitrogens with zero attached hydrogens (tertiary/aromatic N) is 1. The molecule has 0 aliphatic heterocycles. The van der Waals surface area contributed by atoms with Crippen molar-refractivity contribution >= 4 is 23.8 Å². The second kappa shape index (κ2) is 7.73. The highest BCUT2D eigenvalue weighted by Crippen LogP contribution is 2.16. The summed E-state index contributed by atoms with van der Waals surface area (Å²) in [7, 11) is 0. The Morgan fingerprint density at radius 3 is 2.46 bits per heavy atom. The van der Waals surface area contributed by atoms with Crippen LogP contribution in [0.3, 0.4) is 0 Å². The van der Waals surface area contributed by atoms with Crippen molar-refractivity contribution in [3.8, 4) is 0 Å². The van der Waals surface area contributed by atoms with Crippen LogP contribution in [-0.4, -0.2) is 16.7 Å². The molecule has 2 N–H and O–H groups in total. The first-order valence-corrected chi connectivity index (χ1v) is 7.11. The largest absolute Gasteiger partial charge is 0.433 e. The van der Waals surface area contributed by atoms with Crippen LogP contribution < -0.4 is 10.9 Å². The highest BCUT2D eigenvalue weighted by atomic mass is 16.6. The molecule has 1 aromatic heterocycles. The van der Waals surface area contributed by atoms with Gasteiger partial charge in [-0.15, -0.1) is 0 Å². The number of aryl methyl sites for hydroxylation is 1. The summed E-state index contributed by atoms with van der Waals surface area (Å²) in [5.41, 5.74) is 5.99. The molecule has 0 aliphatic rings. The molecule has 0 bridgehead atoms. The molecule has 0 fully saturated rings. The lowest BCUT2D eigenvalue weighted by molar-refractivity contribution is -0.402. The van der Waals surface area contributed by atoms with Crippen molar-refractivity contribution < 1.29 is 18.9 Å². The highest BCUT2D eigenvalue weighted by Gasteiger charge is 2.10. The number of hydrogen-bond donors (Lipinski definition) is 2. The van der Waals surface area contributed by atoms with Gasteiger partial charge in [-0.05, 0) is 36.3 Å². The van der Waals surface area contributed by atoms with Gasteiger partial charge in [0, 0.05) is 11.6 Å². The van der Waals surface area contributed by atoms with Gasteiger partial charge in [0.15, 0.2) is 0 Å². The van der Waals surface area contributed by atoms with Crippen LogP contribution in [0.15, 0.2) is 46.9 Å². The molecular formula is C16H15N3O5. The van der Waals surface area contributed by atoms with E-state index in [0.29, 0.717) is 5.56 Å². The Balaban J connectivity index is 1.86. The number of carbonyl (C=O) groups is 2. The normalized spacial score (nSPS) is 10.5. The van der Waals surface area contributed by atoms with Gasteiger partial charge < -0.3 is 4.42 Å². The van der Waals surface area contributed by atoms with Crippen LogP contribution in [0.4, 0.5) is 5.88 Å². The summed E-state index contributed by atoms with van der Waals surface area (Å²) in [4.78, 5) is 33.2. The van der Waals surface area contributed by atoms with Crippen LogP contribution in [-0.2, 0) is 11.2 Å². The van der Waals surface area contributed by atoms with Crippen molar-refractivity contribution in [2.45, 2.75) is 13.3 Å². The van der Waals surface area contributed by atoms with E-state index in [4.69, 9.17) is 4.42 Å². The Labute approximate surface area is 137 Å². The van der Waals surface area contributed by atoms with Gasteiger partial charge in [0.1, 0.15) is 10.7 Å². The Hall–Kier alpha value is -3.42. The summed E-state index contributed by atoms with van der Waals surface area (Å²) >= 11 is 0. The number of nitrogens with one attached hydrogen (secondary N) is 2. The fraction of sp³-hybridized carbons (Fsp3) is 0.125. The van der Waals surface area contributed by atoms with Gasteiger partial charge in [0.05, 0.1) is 6.07 Å². The van der Waals surface area contributed by atoms with E-state index >= 15 is 0 Å². The molecule has 8 heteroatoms. The molecule has 0 aliphatic carbocycles. The Morgan fingerprint density at radius 1 is 1.17 bits per heavy atom. The van der Waals surface area contributed by atoms with Gasteiger partial charge in [-0.25, -0.2) is 0 Å². The maximum absolute atomic E-state index is 11.9. The minimum absolute atomic E-state index is 0.151. The summed E-state index contributed by atoms with van der Waals surface area (Å²) in [6.07, 6.45) is 3.21. The Bertz CT molecular complexity index is 777. The second-order valence-electron chi connectivity index (χ2n) is 4.76. The van der Waals surface area contributed by atoms with Crippen molar-refractivity contribution in [1.29, 1.82) is 0 Å². The molecule has 0 atom stereocenters. The zero-order chi connectivity index (χ0) is 17.5. The van der Waals surface area contributed by atoms with E-state index in [-0.39, 0.29) is 5.76 Å². The third-order valence-electron chi connectivity index (χ3n) is 3.12. The molecule has 0 saturated carbocycles. The molecule has 0 unspecified atom stereocenters. The fourth-order valence-corrected chi connectivity index (χ4v) is 1.81. The fourth-order valence-electron chi connectivity index (χ4n) is 1.81. The number of benzene rings is 1. The molecule has 2 rings (SSSR count). The van der Waals surface area contributed by atoms with Crippen molar-refractivity contribution in [2.75, 3.05) is 0 Å². The predicted octanol–water partition coefficient (Wildman–Crippen LogP) is 2.22. The monoisotopic (exact) mass is 329 g/mol. The number of carbonyl (C=O) groups excluding carboxylic acids is 2. The molecule has 1 heterocycles. The minimum Gasteiger partial charge on any atom is -0.401 e. The summed E-state index contributed by atoms with van der Waals surface area (Å²) < 4.78 is 4.86. The predicted molar refractivity (Wildman–Crippen MR) is 85.8 cm³/mol. The first-order chi connectivity index (χ1) is 11.5. The number of hydrazine groups is 1. The molecule has 124 valence electrons. The maximum Gasteiger partial charge on any atom is 0.433 e. The standard InChI is InChI=1S/C16H15N3O5/c1-2-11-3-5-12(6-4-11)16(21)18-17-14(20)9-7-13-8-10-15(24-13)19(22)23/h3-10H,2H2,1H3,(H,17,20)(H,18,21)/b9-7+. The van der Waals surface area contributed by atoms with Crippen LogP contribution in [0.5, 0.6) is 0 Å². The number of furan rings is 1. The molecule has 2 amide bonds. The smallest absolute Gasteiger partial charge is 0.401 e. The molecule has 1 aromatic carbocycles. The van der Waals surface area contributed by atoms with Crippen molar-refractivity contribution in [2.24, 2.45) is 0 Å². The summed E-state index contributed by atoms with van der Waals surface area (Å²) in [5, 5.41) is 10.5. The molecule has 0 radical (unpaired) electrons. The van der Waals surface area contributed by atoms with E-state index in [0.717, 1.165) is 18.1 Å². The molecule has 24 heavy (non-hydrogen) atoms. The molecular weight excluding hydrogens is 314 g/mol. The van der Waals surface area contributed by atoms with Crippen molar-refractivity contribution in [3.05, 3.63) is 69.5 Å². The number of rotatable bonds is 5. The zero-order valence-corrected chi connectivity index (χ0v) is 12.8. The van der Waals surface area contributed by atoms with E-state index in [1.807, 2.05) is 19.1 Å². The zero-order valence-electron chi connectivity index (χ0n) is 12.8. The average molecular weight is 329 g/mol. The maximum atomic E-state index is 11.9. The molecule has 2 aromatic rings. The summed E-state index contributed by atoms with van der Waals surface area (Å²) in [6, 6.07) is 9.53. The second-order valence-corrected chi connectivity index (χ2v) is 4.76. The van der Waals surface area contributed by atoms with E-state index < -0.39 is 22.6 Å². The van der Waals surface area contributed by atoms with Gasteiger partial charge in [-0.1, -0.05) is 19.1 Å². The lowest BCUT2D eigenvalue weighted by Crippen LogP contribution is -2.40. The van der Waals surface area contributed by atoms with Crippen LogP contribution >= 0.6 is 0 Å². The summed E-state index contributed by atoms with van der Waals surface area (Å²) in [6.45, 7) is 2.01. The van der Waals surface area contributed by atoms with Crippen LogP contribution in [0, 0.1) is 10.1 Å². The van der Waals surface area contributed by atoms with Gasteiger partial charge in [0.2, 0.25) is 0 Å². The van der Waals surface area contributed by atoms with Gasteiger partial charge in [0.25, 0.3) is 11.8 Å². The first kappa shape index (κ1) is 16.9. The van der Waals surface area contributed by atoms with Crippen molar-refractivity contribution in [3.63, 3.8) is 0 Å². The number of hydrogen-bond acceptors (Lipinski definition) is 5. The van der Waals surface area contributed by atoms with Crippen molar-refractivity contribution in [1.82, 2.24) is 10.9 Å². The van der Waals surface area contributed by atoms with Gasteiger partial charge in [-0.2, -0.15) is 0 Å². The van der Waals surface area contributed by atoms with E-state index in [1.165, 1.54) is 18.2 Å². The van der Waals surface area contributed by atoms with E-state index in [2.05, 4.69) is 10.9 Å². The third kappa shape index (κ3) is 4.54. The van der Waals surface area contributed by atoms with E-state index in [9.17, 15) is 19.7 Å². The lowest BCUT2D eigenvalue weighted by Gasteiger charge is -2.05. The molecule has 8 nitrogen and oxygen atoms in total. The number of amides is 2. The van der Waals surface area contributed by atoms with E-state index in [1.54, 1.807) is 12.1 Å². The van der Waals surface area contributed by atoms with Gasteiger partial charge >= 0.3 is 5.88 Å². The molecule has 0 spiro atoms. The summed E-state index contributed by atoms with van der Waals surface area (Å²) in [5.74, 6) is -1.32. The minimum atomic E-state index is -0.679. The lowest BCUT2D eigenvalue weighted by atomic mass is 10.1. The third-order valence-corrected chi connectivity index (χ3v) is 3.12. The number of nitro groups is 1. The highest BCUT2D eigenvalue weighted by molar-refractivity contribution is 5.97.